The molecule has 0 unspecified atom stereocenters. The molecule has 13 heteroatoms. The molecule has 0 amide bonds. The third kappa shape index (κ3) is 25.2. The minimum absolute atomic E-state index is 0. The normalized spacial score (nSPS) is 8.25. The van der Waals surface area contributed by atoms with Crippen LogP contribution in [0.1, 0.15) is 40.0 Å². The number of carboxylic acids is 3. The van der Waals surface area contributed by atoms with Crippen molar-refractivity contribution in [1.82, 2.24) is 0 Å². The molecule has 0 spiro atoms. The average Bonchev–Trinajstić information content (AvgIpc) is 2.46. The molecule has 0 bridgehead atoms. The van der Waals surface area contributed by atoms with E-state index in [-0.39, 0.29) is 16.8 Å². The van der Waals surface area contributed by atoms with E-state index in [0.717, 1.165) is 20.8 Å². The fraction of sp³-hybridized carbons (Fsp3) is 0.400. The molecule has 0 aromatic rings. The van der Waals surface area contributed by atoms with Crippen molar-refractivity contribution in [2.75, 3.05) is 0 Å². The first-order valence-electron chi connectivity index (χ1n) is 6.82. The Labute approximate surface area is 168 Å². The zero-order valence-corrected chi connectivity index (χ0v) is 15.9. The Balaban J connectivity index is -0.000000152. The van der Waals surface area contributed by atoms with Crippen LogP contribution in [0, 0.1) is 0 Å². The van der Waals surface area contributed by atoms with Gasteiger partial charge >= 0.3 is 16.8 Å². The summed E-state index contributed by atoms with van der Waals surface area (Å²) in [6, 6.07) is 0. The van der Waals surface area contributed by atoms with Gasteiger partial charge in [0.1, 0.15) is 35.3 Å². The number of carbonyl (C=O) groups excluding carboxylic acids is 9. The van der Waals surface area contributed by atoms with Gasteiger partial charge in [0, 0.05) is 0 Å². The molecule has 0 aliphatic rings. The van der Waals surface area contributed by atoms with Gasteiger partial charge in [0.05, 0.1) is 19.3 Å². The molecular formula is C15H15CoO12. The van der Waals surface area contributed by atoms with Crippen LogP contribution < -0.4 is 15.3 Å². The topological polar surface area (TPSA) is 223 Å². The molecule has 156 valence electrons. The fourth-order valence-electron chi connectivity index (χ4n) is 0.895. The predicted octanol–water partition coefficient (Wildman–Crippen LogP) is -5.15. The number of hydrogen-bond acceptors (Lipinski definition) is 12. The summed E-state index contributed by atoms with van der Waals surface area (Å²) in [6.07, 6.45) is -1.70. The summed E-state index contributed by atoms with van der Waals surface area (Å²) in [5.41, 5.74) is 0. The summed E-state index contributed by atoms with van der Waals surface area (Å²) in [6.45, 7) is 3.42. The van der Waals surface area contributed by atoms with Gasteiger partial charge < -0.3 is 29.7 Å². The van der Waals surface area contributed by atoms with Crippen LogP contribution in [0.2, 0.25) is 0 Å². The standard InChI is InChI=1S/3C5H6O4.Co/c3*1-3(6)2-4(7)5(8)9;/h3*2H2,1H3,(H,8,9);/q;;;+3/p-3. The maximum Gasteiger partial charge on any atom is 3.00 e. The van der Waals surface area contributed by atoms with Gasteiger partial charge in [-0.05, 0) is 20.8 Å². The van der Waals surface area contributed by atoms with Gasteiger partial charge in [0.25, 0.3) is 0 Å². The Morgan fingerprint density at radius 2 is 0.607 bits per heavy atom. The van der Waals surface area contributed by atoms with Crippen LogP contribution >= 0.6 is 0 Å². The van der Waals surface area contributed by atoms with Crippen molar-refractivity contribution in [2.45, 2.75) is 40.0 Å². The van der Waals surface area contributed by atoms with E-state index in [9.17, 15) is 58.5 Å². The average molecular weight is 446 g/mol. The van der Waals surface area contributed by atoms with Crippen LogP contribution in [0.5, 0.6) is 0 Å². The first kappa shape index (κ1) is 32.6. The quantitative estimate of drug-likeness (QED) is 0.239. The van der Waals surface area contributed by atoms with Crippen molar-refractivity contribution < 1.29 is 75.2 Å². The molecule has 0 aliphatic carbocycles. The Morgan fingerprint density at radius 3 is 0.643 bits per heavy atom. The van der Waals surface area contributed by atoms with Crippen molar-refractivity contribution in [3.05, 3.63) is 0 Å². The Kier molecular flexibility index (Phi) is 20.2. The molecule has 12 nitrogen and oxygen atoms in total. The molecule has 0 heterocycles. The van der Waals surface area contributed by atoms with E-state index in [1.807, 2.05) is 0 Å². The van der Waals surface area contributed by atoms with Gasteiger partial charge in [-0.3, -0.25) is 28.8 Å². The molecule has 0 fully saturated rings. The van der Waals surface area contributed by atoms with E-state index in [2.05, 4.69) is 0 Å². The van der Waals surface area contributed by atoms with Crippen molar-refractivity contribution in [3.63, 3.8) is 0 Å². The smallest absolute Gasteiger partial charge is 0.542 e. The second kappa shape index (κ2) is 17.4. The number of ketones is 6. The third-order valence-electron chi connectivity index (χ3n) is 1.91. The fourth-order valence-corrected chi connectivity index (χ4v) is 0.895. The zero-order chi connectivity index (χ0) is 22.3. The van der Waals surface area contributed by atoms with Crippen LogP contribution in [0.15, 0.2) is 0 Å². The maximum atomic E-state index is 10.1. The van der Waals surface area contributed by atoms with Gasteiger partial charge in [0.15, 0.2) is 17.3 Å². The monoisotopic (exact) mass is 446 g/mol. The summed E-state index contributed by atoms with van der Waals surface area (Å²) in [7, 11) is 0. The van der Waals surface area contributed by atoms with Crippen LogP contribution in [-0.2, 0) is 59.9 Å². The molecule has 0 aromatic heterocycles. The molecule has 0 rings (SSSR count). The third-order valence-corrected chi connectivity index (χ3v) is 1.91. The van der Waals surface area contributed by atoms with E-state index in [1.54, 1.807) is 0 Å². The van der Waals surface area contributed by atoms with E-state index in [4.69, 9.17) is 0 Å². The molecule has 0 atom stereocenters. The zero-order valence-electron chi connectivity index (χ0n) is 14.9. The van der Waals surface area contributed by atoms with Crippen LogP contribution in [-0.4, -0.2) is 52.6 Å². The number of carboxylic acid groups (broad SMARTS) is 3. The van der Waals surface area contributed by atoms with Gasteiger partial charge in [0.2, 0.25) is 0 Å². The molecule has 0 aromatic carbocycles. The predicted molar refractivity (Wildman–Crippen MR) is 75.9 cm³/mol. The molecule has 0 saturated carbocycles. The minimum Gasteiger partial charge on any atom is -0.542 e. The second-order valence-electron chi connectivity index (χ2n) is 4.77. The van der Waals surface area contributed by atoms with Crippen molar-refractivity contribution in [1.29, 1.82) is 0 Å². The molecular weight excluding hydrogens is 431 g/mol. The van der Waals surface area contributed by atoms with Crippen LogP contribution in [0.4, 0.5) is 0 Å². The Bertz CT molecular complexity index is 572. The number of carbonyl (C=O) groups is 9. The van der Waals surface area contributed by atoms with Crippen LogP contribution in [0.3, 0.4) is 0 Å². The van der Waals surface area contributed by atoms with Gasteiger partial charge in [-0.1, -0.05) is 0 Å². The molecule has 28 heavy (non-hydrogen) atoms. The SMILES string of the molecule is CC(=O)CC(=O)C(=O)[O-].CC(=O)CC(=O)C(=O)[O-].CC(=O)CC(=O)C(=O)[O-].[Co+3]. The number of hydrogen-bond donors (Lipinski definition) is 0. The first-order chi connectivity index (χ1) is 12.1. The Hall–Kier alpha value is -3.06. The molecule has 0 saturated heterocycles. The van der Waals surface area contributed by atoms with Gasteiger partial charge in [-0.2, -0.15) is 0 Å². The summed E-state index contributed by atoms with van der Waals surface area (Å²) in [4.78, 5) is 89.2. The minimum atomic E-state index is -1.80. The van der Waals surface area contributed by atoms with Crippen molar-refractivity contribution >= 4 is 52.6 Å². The molecule has 0 aliphatic heterocycles. The summed E-state index contributed by atoms with van der Waals surface area (Å²) >= 11 is 0. The van der Waals surface area contributed by atoms with E-state index >= 15 is 0 Å². The van der Waals surface area contributed by atoms with Crippen molar-refractivity contribution in [2.24, 2.45) is 0 Å². The second-order valence-corrected chi connectivity index (χ2v) is 4.77. The van der Waals surface area contributed by atoms with E-state index in [1.165, 1.54) is 0 Å². The summed E-state index contributed by atoms with van der Waals surface area (Å²) in [5, 5.41) is 28.9. The first-order valence-corrected chi connectivity index (χ1v) is 6.82. The maximum absolute atomic E-state index is 10.1. The summed E-state index contributed by atoms with van der Waals surface area (Å²) < 4.78 is 0. The number of rotatable bonds is 9. The molecule has 0 radical (unpaired) electrons. The largest absolute Gasteiger partial charge is 3.00 e. The molecule has 0 N–H and O–H groups in total. The van der Waals surface area contributed by atoms with Crippen LogP contribution in [0.25, 0.3) is 0 Å². The van der Waals surface area contributed by atoms with E-state index in [0.29, 0.717) is 0 Å². The van der Waals surface area contributed by atoms with Gasteiger partial charge in [-0.25, -0.2) is 0 Å². The summed E-state index contributed by atoms with van der Waals surface area (Å²) in [5.74, 6) is -10.3. The number of aliphatic carboxylic acids is 3. The van der Waals surface area contributed by atoms with Gasteiger partial charge in [-0.15, -0.1) is 0 Å². The number of Topliss-reactive ketones (excluding diaryl/α,β-unsaturated/α-hetero) is 6. The Morgan fingerprint density at radius 1 is 0.464 bits per heavy atom. The van der Waals surface area contributed by atoms with E-state index < -0.39 is 71.9 Å². The van der Waals surface area contributed by atoms with Crippen molar-refractivity contribution in [3.8, 4) is 0 Å².